The zero-order valence-electron chi connectivity index (χ0n) is 16.1. The molecule has 1 N–H and O–H groups in total. The molecule has 0 aliphatic carbocycles. The van der Waals surface area contributed by atoms with E-state index in [1.807, 2.05) is 18.2 Å². The Labute approximate surface area is 172 Å². The van der Waals surface area contributed by atoms with E-state index in [2.05, 4.69) is 21.2 Å². The molecule has 2 aromatic carbocycles. The number of hydrogen-bond acceptors (Lipinski definition) is 7. The second-order valence-corrected chi connectivity index (χ2v) is 7.08. The third-order valence-electron chi connectivity index (χ3n) is 4.42. The van der Waals surface area contributed by atoms with Gasteiger partial charge in [0.2, 0.25) is 0 Å². The Bertz CT molecular complexity index is 847. The highest BCUT2D eigenvalue weighted by Gasteiger charge is 2.36. The van der Waals surface area contributed by atoms with Crippen LogP contribution >= 0.6 is 15.9 Å². The molecule has 0 saturated carbocycles. The first kappa shape index (κ1) is 20.1. The Kier molecular flexibility index (Phi) is 6.18. The minimum atomic E-state index is -0.492. The number of esters is 1. The average Bonchev–Trinajstić information content (AvgIpc) is 2.70. The van der Waals surface area contributed by atoms with Crippen LogP contribution in [-0.2, 0) is 9.53 Å². The van der Waals surface area contributed by atoms with Gasteiger partial charge in [-0.05, 0) is 18.2 Å². The van der Waals surface area contributed by atoms with Gasteiger partial charge in [0.15, 0.2) is 6.10 Å². The molecule has 7 nitrogen and oxygen atoms in total. The second kappa shape index (κ2) is 8.60. The van der Waals surface area contributed by atoms with E-state index in [4.69, 9.17) is 23.7 Å². The summed E-state index contributed by atoms with van der Waals surface area (Å²) in [4.78, 5) is 11.4. The molecule has 0 unspecified atom stereocenters. The van der Waals surface area contributed by atoms with Crippen LogP contribution in [0, 0.1) is 0 Å². The van der Waals surface area contributed by atoms with Crippen LogP contribution in [0.2, 0.25) is 0 Å². The fourth-order valence-electron chi connectivity index (χ4n) is 3.14. The number of halogens is 1. The molecule has 0 amide bonds. The van der Waals surface area contributed by atoms with Gasteiger partial charge < -0.3 is 29.0 Å². The molecule has 0 spiro atoms. The second-order valence-electron chi connectivity index (χ2n) is 6.17. The van der Waals surface area contributed by atoms with Crippen LogP contribution in [0.15, 0.2) is 34.8 Å². The van der Waals surface area contributed by atoms with E-state index >= 15 is 0 Å². The summed E-state index contributed by atoms with van der Waals surface area (Å²) >= 11 is 3.48. The largest absolute Gasteiger partial charge is 0.496 e. The molecule has 2 atom stereocenters. The number of rotatable bonds is 6. The number of benzene rings is 2. The van der Waals surface area contributed by atoms with Gasteiger partial charge in [0.1, 0.15) is 29.6 Å². The number of carbonyl (C=O) groups is 1. The highest BCUT2D eigenvalue weighted by Crippen LogP contribution is 2.45. The quantitative estimate of drug-likeness (QED) is 0.666. The third kappa shape index (κ3) is 4.11. The number of carbonyl (C=O) groups excluding carboxylic acids is 1. The van der Waals surface area contributed by atoms with Gasteiger partial charge in [-0.15, -0.1) is 0 Å². The number of nitrogens with one attached hydrogen (secondary N) is 1. The summed E-state index contributed by atoms with van der Waals surface area (Å²) in [5.74, 6) is 2.04. The van der Waals surface area contributed by atoms with Crippen LogP contribution in [-0.4, -0.2) is 40.0 Å². The zero-order valence-corrected chi connectivity index (χ0v) is 17.7. The average molecular weight is 452 g/mol. The summed E-state index contributed by atoms with van der Waals surface area (Å²) in [5.41, 5.74) is 1.55. The first-order valence-corrected chi connectivity index (χ1v) is 9.42. The van der Waals surface area contributed by atoms with Crippen LogP contribution in [0.5, 0.6) is 23.0 Å². The highest BCUT2D eigenvalue weighted by molar-refractivity contribution is 9.10. The van der Waals surface area contributed by atoms with E-state index in [-0.39, 0.29) is 12.6 Å². The van der Waals surface area contributed by atoms with Crippen molar-refractivity contribution in [2.75, 3.05) is 33.3 Å². The van der Waals surface area contributed by atoms with E-state index in [1.165, 1.54) is 6.92 Å². The maximum atomic E-state index is 11.4. The van der Waals surface area contributed by atoms with Crippen LogP contribution in [0.3, 0.4) is 0 Å². The van der Waals surface area contributed by atoms with Crippen molar-refractivity contribution in [2.45, 2.75) is 19.1 Å². The predicted molar refractivity (Wildman–Crippen MR) is 108 cm³/mol. The van der Waals surface area contributed by atoms with Crippen LogP contribution in [0.1, 0.15) is 18.5 Å². The number of ether oxygens (including phenoxy) is 5. The molecule has 0 aromatic heterocycles. The first-order valence-electron chi connectivity index (χ1n) is 8.62. The number of fused-ring (bicyclic) bond motifs is 1. The minimum Gasteiger partial charge on any atom is -0.496 e. The van der Waals surface area contributed by atoms with E-state index in [0.717, 1.165) is 15.7 Å². The van der Waals surface area contributed by atoms with Crippen molar-refractivity contribution >= 4 is 27.6 Å². The lowest BCUT2D eigenvalue weighted by molar-refractivity contribution is -0.143. The number of anilines is 1. The SMILES string of the molecule is COc1cc(OC)c([C@@H]2Nc3cc(Br)ccc3O[C@H]2COC(C)=O)c(OC)c1. The molecule has 0 bridgehead atoms. The zero-order chi connectivity index (χ0) is 20.3. The molecular weight excluding hydrogens is 430 g/mol. The maximum Gasteiger partial charge on any atom is 0.302 e. The summed E-state index contributed by atoms with van der Waals surface area (Å²) in [5, 5.41) is 3.47. The summed E-state index contributed by atoms with van der Waals surface area (Å²) in [7, 11) is 4.73. The Morgan fingerprint density at radius 2 is 1.79 bits per heavy atom. The van der Waals surface area contributed by atoms with Crippen molar-refractivity contribution in [3.63, 3.8) is 0 Å². The molecule has 0 fully saturated rings. The molecule has 150 valence electrons. The van der Waals surface area contributed by atoms with Crippen molar-refractivity contribution < 1.29 is 28.5 Å². The normalized spacial score (nSPS) is 17.6. The third-order valence-corrected chi connectivity index (χ3v) is 4.91. The summed E-state index contributed by atoms with van der Waals surface area (Å²) < 4.78 is 28.8. The lowest BCUT2D eigenvalue weighted by atomic mass is 9.96. The van der Waals surface area contributed by atoms with Crippen molar-refractivity contribution in [1.29, 1.82) is 0 Å². The standard InChI is InChI=1S/C20H22BrNO6/c1-11(23)27-10-18-20(22-14-7-12(21)5-6-15(14)28-18)19-16(25-3)8-13(24-2)9-17(19)26-4/h5-9,18,20,22H,10H2,1-4H3/t18-,20+/m0/s1. The monoisotopic (exact) mass is 451 g/mol. The topological polar surface area (TPSA) is 75.3 Å². The summed E-state index contributed by atoms with van der Waals surface area (Å²) in [6.45, 7) is 1.44. The van der Waals surface area contributed by atoms with Crippen molar-refractivity contribution in [3.05, 3.63) is 40.4 Å². The van der Waals surface area contributed by atoms with Gasteiger partial charge in [-0.2, -0.15) is 0 Å². The van der Waals surface area contributed by atoms with Crippen LogP contribution < -0.4 is 24.3 Å². The Morgan fingerprint density at radius 3 is 2.36 bits per heavy atom. The predicted octanol–water partition coefficient (Wildman–Crippen LogP) is 3.95. The van der Waals surface area contributed by atoms with Gasteiger partial charge in [-0.1, -0.05) is 15.9 Å². The molecule has 8 heteroatoms. The van der Waals surface area contributed by atoms with Crippen molar-refractivity contribution in [1.82, 2.24) is 0 Å². The van der Waals surface area contributed by atoms with E-state index in [9.17, 15) is 4.79 Å². The number of methoxy groups -OCH3 is 3. The van der Waals surface area contributed by atoms with Crippen molar-refractivity contribution in [2.24, 2.45) is 0 Å². The van der Waals surface area contributed by atoms with Gasteiger partial charge in [-0.25, -0.2) is 0 Å². The molecule has 3 rings (SSSR count). The number of hydrogen-bond donors (Lipinski definition) is 1. The van der Waals surface area contributed by atoms with Gasteiger partial charge in [-0.3, -0.25) is 4.79 Å². The molecular formula is C20H22BrNO6. The van der Waals surface area contributed by atoms with E-state index < -0.39 is 12.1 Å². The molecule has 0 radical (unpaired) electrons. The minimum absolute atomic E-state index is 0.0703. The molecule has 0 saturated heterocycles. The molecule has 2 aromatic rings. The molecule has 1 aliphatic heterocycles. The molecule has 1 heterocycles. The lowest BCUT2D eigenvalue weighted by Gasteiger charge is -2.36. The fourth-order valence-corrected chi connectivity index (χ4v) is 3.50. The van der Waals surface area contributed by atoms with Crippen molar-refractivity contribution in [3.8, 4) is 23.0 Å². The first-order chi connectivity index (χ1) is 13.5. The van der Waals surface area contributed by atoms with Gasteiger partial charge in [0, 0.05) is 23.5 Å². The van der Waals surface area contributed by atoms with E-state index in [0.29, 0.717) is 23.0 Å². The highest BCUT2D eigenvalue weighted by atomic mass is 79.9. The summed E-state index contributed by atoms with van der Waals surface area (Å²) in [6.07, 6.45) is -0.492. The Hall–Kier alpha value is -2.61. The van der Waals surface area contributed by atoms with Gasteiger partial charge in [0.05, 0.1) is 38.6 Å². The lowest BCUT2D eigenvalue weighted by Crippen LogP contribution is -2.39. The van der Waals surface area contributed by atoms with E-state index in [1.54, 1.807) is 33.5 Å². The molecule has 28 heavy (non-hydrogen) atoms. The van der Waals surface area contributed by atoms with Crippen LogP contribution in [0.25, 0.3) is 0 Å². The fraction of sp³-hybridized carbons (Fsp3) is 0.350. The smallest absolute Gasteiger partial charge is 0.302 e. The maximum absolute atomic E-state index is 11.4. The Morgan fingerprint density at radius 1 is 1.11 bits per heavy atom. The Balaban J connectivity index is 2.09. The van der Waals surface area contributed by atoms with Gasteiger partial charge >= 0.3 is 5.97 Å². The summed E-state index contributed by atoms with van der Waals surface area (Å²) in [6, 6.07) is 8.83. The molecule has 1 aliphatic rings. The van der Waals surface area contributed by atoms with Gasteiger partial charge in [0.25, 0.3) is 0 Å². The van der Waals surface area contributed by atoms with Crippen LogP contribution in [0.4, 0.5) is 5.69 Å².